The molecule has 112 valence electrons. The Labute approximate surface area is 115 Å². The van der Waals surface area contributed by atoms with E-state index in [0.29, 0.717) is 12.8 Å². The molecule has 2 fully saturated rings. The quantitative estimate of drug-likeness (QED) is 0.572. The zero-order valence-corrected chi connectivity index (χ0v) is 12.4. The van der Waals surface area contributed by atoms with E-state index in [-0.39, 0.29) is 17.8 Å². The van der Waals surface area contributed by atoms with Crippen LogP contribution in [0.3, 0.4) is 0 Å². The first-order valence-electron chi connectivity index (χ1n) is 7.36. The van der Waals surface area contributed by atoms with Crippen LogP contribution in [0.4, 0.5) is 0 Å². The number of rotatable bonds is 1. The summed E-state index contributed by atoms with van der Waals surface area (Å²) < 4.78 is 0. The standard InChI is InChI=1S/C15H28O4/c1-8-5-6-10(16)15(4)11(17)7-9(14(2,3)19)13(18)12(8)15/h8-13,16-19H,5-7H2,1-4H3. The van der Waals surface area contributed by atoms with Crippen LogP contribution in [-0.2, 0) is 0 Å². The minimum atomic E-state index is -1.02. The molecule has 0 aromatic carbocycles. The Balaban J connectivity index is 2.38. The number of hydrogen-bond donors (Lipinski definition) is 4. The summed E-state index contributed by atoms with van der Waals surface area (Å²) in [7, 11) is 0. The highest BCUT2D eigenvalue weighted by Gasteiger charge is 2.60. The van der Waals surface area contributed by atoms with Crippen molar-refractivity contribution in [3.05, 3.63) is 0 Å². The van der Waals surface area contributed by atoms with Gasteiger partial charge in [0.2, 0.25) is 0 Å². The minimum absolute atomic E-state index is 0.170. The van der Waals surface area contributed by atoms with Crippen molar-refractivity contribution in [3.8, 4) is 0 Å². The van der Waals surface area contributed by atoms with Crippen LogP contribution in [0.5, 0.6) is 0 Å². The average molecular weight is 272 g/mol. The zero-order chi connectivity index (χ0) is 14.6. The monoisotopic (exact) mass is 272 g/mol. The molecule has 2 aliphatic rings. The van der Waals surface area contributed by atoms with Crippen molar-refractivity contribution in [1.82, 2.24) is 0 Å². The maximum atomic E-state index is 10.7. The number of aliphatic hydroxyl groups is 4. The van der Waals surface area contributed by atoms with Crippen LogP contribution < -0.4 is 0 Å². The van der Waals surface area contributed by atoms with Gasteiger partial charge < -0.3 is 20.4 Å². The Morgan fingerprint density at radius 2 is 1.63 bits per heavy atom. The smallest absolute Gasteiger partial charge is 0.0645 e. The predicted octanol–water partition coefficient (Wildman–Crippen LogP) is 0.912. The second-order valence-electron chi connectivity index (χ2n) is 7.46. The Hall–Kier alpha value is -0.160. The lowest BCUT2D eigenvalue weighted by Gasteiger charge is -2.59. The van der Waals surface area contributed by atoms with Crippen molar-refractivity contribution in [2.45, 2.75) is 70.9 Å². The third kappa shape index (κ3) is 2.23. The van der Waals surface area contributed by atoms with E-state index in [4.69, 9.17) is 0 Å². The molecule has 0 spiro atoms. The summed E-state index contributed by atoms with van der Waals surface area (Å²) in [5, 5.41) is 41.8. The van der Waals surface area contributed by atoms with E-state index in [1.165, 1.54) is 0 Å². The summed E-state index contributed by atoms with van der Waals surface area (Å²) in [4.78, 5) is 0. The maximum Gasteiger partial charge on any atom is 0.0645 e. The van der Waals surface area contributed by atoms with Crippen LogP contribution in [-0.4, -0.2) is 44.3 Å². The summed E-state index contributed by atoms with van der Waals surface area (Å²) in [6, 6.07) is 0. The van der Waals surface area contributed by atoms with Crippen molar-refractivity contribution in [2.24, 2.45) is 23.2 Å². The molecular formula is C15H28O4. The average Bonchev–Trinajstić information content (AvgIpc) is 2.27. The van der Waals surface area contributed by atoms with E-state index in [9.17, 15) is 20.4 Å². The molecule has 2 aliphatic carbocycles. The van der Waals surface area contributed by atoms with Crippen LogP contribution in [0.1, 0.15) is 47.0 Å². The summed E-state index contributed by atoms with van der Waals surface area (Å²) in [5.41, 5.74) is -1.69. The second-order valence-corrected chi connectivity index (χ2v) is 7.46. The fraction of sp³-hybridized carbons (Fsp3) is 1.00. The van der Waals surface area contributed by atoms with E-state index in [1.54, 1.807) is 13.8 Å². The molecule has 0 heterocycles. The Bertz CT molecular complexity index is 338. The molecule has 0 saturated heterocycles. The fourth-order valence-corrected chi connectivity index (χ4v) is 4.49. The van der Waals surface area contributed by atoms with Gasteiger partial charge >= 0.3 is 0 Å². The van der Waals surface area contributed by atoms with Crippen LogP contribution in [0.15, 0.2) is 0 Å². The van der Waals surface area contributed by atoms with Crippen molar-refractivity contribution in [1.29, 1.82) is 0 Å². The molecule has 19 heavy (non-hydrogen) atoms. The van der Waals surface area contributed by atoms with Gasteiger partial charge in [0.15, 0.2) is 0 Å². The van der Waals surface area contributed by atoms with Crippen molar-refractivity contribution in [2.75, 3.05) is 0 Å². The first-order valence-corrected chi connectivity index (χ1v) is 7.36. The maximum absolute atomic E-state index is 10.7. The van der Waals surface area contributed by atoms with E-state index in [1.807, 2.05) is 6.92 Å². The molecule has 0 radical (unpaired) electrons. The van der Waals surface area contributed by atoms with Crippen LogP contribution >= 0.6 is 0 Å². The predicted molar refractivity (Wildman–Crippen MR) is 72.4 cm³/mol. The highest BCUT2D eigenvalue weighted by molar-refractivity contribution is 5.09. The van der Waals surface area contributed by atoms with Gasteiger partial charge in [0.25, 0.3) is 0 Å². The van der Waals surface area contributed by atoms with Gasteiger partial charge in [-0.25, -0.2) is 0 Å². The Morgan fingerprint density at radius 1 is 1.05 bits per heavy atom. The molecule has 4 nitrogen and oxygen atoms in total. The molecule has 0 aromatic heterocycles. The van der Waals surface area contributed by atoms with Crippen molar-refractivity contribution < 1.29 is 20.4 Å². The van der Waals surface area contributed by atoms with E-state index >= 15 is 0 Å². The lowest BCUT2D eigenvalue weighted by Crippen LogP contribution is -2.64. The second kappa shape index (κ2) is 4.69. The van der Waals surface area contributed by atoms with Crippen LogP contribution in [0.2, 0.25) is 0 Å². The van der Waals surface area contributed by atoms with Gasteiger partial charge in [-0.2, -0.15) is 0 Å². The molecule has 7 unspecified atom stereocenters. The molecule has 0 aliphatic heterocycles. The number of hydrogen-bond acceptors (Lipinski definition) is 4. The largest absolute Gasteiger partial charge is 0.392 e. The molecule has 2 rings (SSSR count). The zero-order valence-electron chi connectivity index (χ0n) is 12.4. The van der Waals surface area contributed by atoms with Crippen molar-refractivity contribution >= 4 is 0 Å². The van der Waals surface area contributed by atoms with Gasteiger partial charge in [0.05, 0.1) is 23.9 Å². The normalized spacial score (nSPS) is 51.8. The molecule has 4 heteroatoms. The lowest BCUT2D eigenvalue weighted by atomic mass is 9.50. The molecule has 0 bridgehead atoms. The highest BCUT2D eigenvalue weighted by Crippen LogP contribution is 2.55. The van der Waals surface area contributed by atoms with E-state index < -0.39 is 29.3 Å². The minimum Gasteiger partial charge on any atom is -0.392 e. The third-order valence-electron chi connectivity index (χ3n) is 5.83. The SMILES string of the molecule is CC1CCC(O)C2(C)C(O)CC(C(C)(C)O)C(O)C12. The van der Waals surface area contributed by atoms with Crippen LogP contribution in [0.25, 0.3) is 0 Å². The van der Waals surface area contributed by atoms with Gasteiger partial charge in [-0.15, -0.1) is 0 Å². The molecule has 0 aromatic rings. The molecule has 0 amide bonds. The van der Waals surface area contributed by atoms with Gasteiger partial charge in [0, 0.05) is 11.3 Å². The molecule has 7 atom stereocenters. The van der Waals surface area contributed by atoms with Gasteiger partial charge in [-0.1, -0.05) is 13.8 Å². The third-order valence-corrected chi connectivity index (χ3v) is 5.83. The molecule has 4 N–H and O–H groups in total. The lowest BCUT2D eigenvalue weighted by molar-refractivity contribution is -0.229. The van der Waals surface area contributed by atoms with Gasteiger partial charge in [0.1, 0.15) is 0 Å². The first kappa shape index (κ1) is 15.2. The number of fused-ring (bicyclic) bond motifs is 1. The first-order chi connectivity index (χ1) is 8.60. The van der Waals surface area contributed by atoms with Gasteiger partial charge in [-0.05, 0) is 44.9 Å². The van der Waals surface area contributed by atoms with Crippen LogP contribution in [0, 0.1) is 23.2 Å². The van der Waals surface area contributed by atoms with Gasteiger partial charge in [-0.3, -0.25) is 0 Å². The fourth-order valence-electron chi connectivity index (χ4n) is 4.49. The summed E-state index contributed by atoms with van der Waals surface area (Å²) in [6.45, 7) is 7.31. The Morgan fingerprint density at radius 3 is 2.16 bits per heavy atom. The topological polar surface area (TPSA) is 80.9 Å². The summed E-state index contributed by atoms with van der Waals surface area (Å²) in [6.07, 6.45) is -0.0920. The van der Waals surface area contributed by atoms with Crippen molar-refractivity contribution in [3.63, 3.8) is 0 Å². The van der Waals surface area contributed by atoms with E-state index in [0.717, 1.165) is 6.42 Å². The highest BCUT2D eigenvalue weighted by atomic mass is 16.3. The summed E-state index contributed by atoms with van der Waals surface area (Å²) >= 11 is 0. The molecular weight excluding hydrogens is 244 g/mol. The number of aliphatic hydroxyl groups excluding tert-OH is 3. The van der Waals surface area contributed by atoms with E-state index in [2.05, 4.69) is 6.92 Å². The summed E-state index contributed by atoms with van der Waals surface area (Å²) in [5.74, 6) is -0.284. The Kier molecular flexibility index (Phi) is 3.76. The molecule has 2 saturated carbocycles.